The number of nitrogens with zero attached hydrogens (tertiary/aromatic N) is 3. The quantitative estimate of drug-likeness (QED) is 0.223. The van der Waals surface area contributed by atoms with Crippen LogP contribution in [0.1, 0.15) is 68.6 Å². The molecule has 2 aliphatic rings. The van der Waals surface area contributed by atoms with Gasteiger partial charge in [-0.25, -0.2) is 24.6 Å². The first kappa shape index (κ1) is 35.5. The normalized spacial score (nSPS) is 17.2. The third kappa shape index (κ3) is 9.03. The number of alkyl halides is 5. The van der Waals surface area contributed by atoms with Crippen LogP contribution in [-0.4, -0.2) is 38.4 Å². The number of amides is 1. The predicted octanol–water partition coefficient (Wildman–Crippen LogP) is 5.91. The van der Waals surface area contributed by atoms with Gasteiger partial charge in [0.15, 0.2) is 0 Å². The molecule has 1 saturated carbocycles. The van der Waals surface area contributed by atoms with Crippen LogP contribution in [0.4, 0.5) is 22.0 Å². The Bertz CT molecular complexity index is 1600. The highest BCUT2D eigenvalue weighted by Gasteiger charge is 2.31. The summed E-state index contributed by atoms with van der Waals surface area (Å²) in [6, 6.07) is 3.36. The maximum atomic E-state index is 13.6. The van der Waals surface area contributed by atoms with Crippen molar-refractivity contribution in [1.29, 1.82) is 0 Å². The topological polar surface area (TPSA) is 110 Å². The van der Waals surface area contributed by atoms with Crippen molar-refractivity contribution in [3.05, 3.63) is 70.0 Å². The minimum Gasteiger partial charge on any atom is -0.494 e. The summed E-state index contributed by atoms with van der Waals surface area (Å²) in [5, 5.41) is 2.48. The lowest BCUT2D eigenvalue weighted by Gasteiger charge is -2.17. The van der Waals surface area contributed by atoms with Crippen LogP contribution < -0.4 is 26.5 Å². The highest BCUT2D eigenvalue weighted by Crippen LogP contribution is 2.36. The zero-order valence-electron chi connectivity index (χ0n) is 25.1. The molecule has 9 nitrogen and oxygen atoms in total. The van der Waals surface area contributed by atoms with Gasteiger partial charge in [-0.05, 0) is 31.0 Å². The van der Waals surface area contributed by atoms with Gasteiger partial charge in [-0.1, -0.05) is 51.3 Å². The molecule has 4 heterocycles. The molecule has 1 amide bonds. The van der Waals surface area contributed by atoms with Crippen LogP contribution in [0.15, 0.2) is 47.7 Å². The number of rotatable bonds is 6. The number of pyridine rings is 3. The highest BCUT2D eigenvalue weighted by molar-refractivity contribution is 8.00. The highest BCUT2D eigenvalue weighted by atomic mass is 32.2. The molecule has 3 aromatic rings. The standard InChI is InChI=1S/C26H21F5N6O3S.2C2H6/c1-40-19-12-32-18(23(27)28)9-16(19)15-10-20(37-7-6-14(8-22(37)38)26(29,30)31)33-11-17(15)24(39)34-25-36-35-21(41-25)5-4-13-2-3-13;2*1-2/h6-13,21,23,25,35-36H,2-3H2,1H3,(H,34,39);2*1-2H3. The molecule has 2 atom stereocenters. The van der Waals surface area contributed by atoms with E-state index in [9.17, 15) is 31.5 Å². The van der Waals surface area contributed by atoms with Crippen molar-refractivity contribution >= 4 is 17.7 Å². The number of halogens is 5. The molecule has 0 bridgehead atoms. The van der Waals surface area contributed by atoms with E-state index >= 15 is 0 Å². The maximum absolute atomic E-state index is 13.6. The van der Waals surface area contributed by atoms with E-state index in [1.807, 2.05) is 27.7 Å². The number of carbonyl (C=O) groups excluding carboxylic acids is 1. The minimum absolute atomic E-state index is 0.0291. The van der Waals surface area contributed by atoms with Crippen molar-refractivity contribution in [3.8, 4) is 34.5 Å². The van der Waals surface area contributed by atoms with Crippen LogP contribution in [0, 0.1) is 17.8 Å². The van der Waals surface area contributed by atoms with Gasteiger partial charge < -0.3 is 10.1 Å². The first-order valence-electron chi connectivity index (χ1n) is 14.1. The van der Waals surface area contributed by atoms with Crippen molar-refractivity contribution in [2.45, 2.75) is 64.0 Å². The van der Waals surface area contributed by atoms with Crippen molar-refractivity contribution in [2.75, 3.05) is 7.11 Å². The van der Waals surface area contributed by atoms with Gasteiger partial charge in [0.2, 0.25) is 0 Å². The summed E-state index contributed by atoms with van der Waals surface area (Å²) in [5.41, 5.74) is 2.45. The average Bonchev–Trinajstić information content (AvgIpc) is 3.77. The first-order valence-corrected chi connectivity index (χ1v) is 15.1. The van der Waals surface area contributed by atoms with E-state index in [-0.39, 0.29) is 33.6 Å². The van der Waals surface area contributed by atoms with Gasteiger partial charge in [0, 0.05) is 35.5 Å². The van der Waals surface area contributed by atoms with Gasteiger partial charge in [-0.15, -0.1) is 0 Å². The van der Waals surface area contributed by atoms with E-state index in [0.29, 0.717) is 18.1 Å². The smallest absolute Gasteiger partial charge is 0.416 e. The fourth-order valence-electron chi connectivity index (χ4n) is 3.89. The zero-order valence-corrected chi connectivity index (χ0v) is 25.9. The molecule has 242 valence electrons. The largest absolute Gasteiger partial charge is 0.494 e. The minimum atomic E-state index is -4.74. The van der Waals surface area contributed by atoms with Gasteiger partial charge in [0.1, 0.15) is 28.1 Å². The number of methoxy groups -OCH3 is 1. The zero-order chi connectivity index (χ0) is 33.3. The molecule has 45 heavy (non-hydrogen) atoms. The number of hydrazine groups is 1. The van der Waals surface area contributed by atoms with Gasteiger partial charge in [-0.2, -0.15) is 13.2 Å². The number of thioether (sulfide) groups is 1. The predicted molar refractivity (Wildman–Crippen MR) is 162 cm³/mol. The lowest BCUT2D eigenvalue weighted by atomic mass is 10.00. The number of carbonyl (C=O) groups is 1. The van der Waals surface area contributed by atoms with Crippen molar-refractivity contribution in [3.63, 3.8) is 0 Å². The Morgan fingerprint density at radius 3 is 2.38 bits per heavy atom. The lowest BCUT2D eigenvalue weighted by Crippen LogP contribution is -2.43. The van der Waals surface area contributed by atoms with Gasteiger partial charge >= 0.3 is 6.18 Å². The summed E-state index contributed by atoms with van der Waals surface area (Å²) in [6.07, 6.45) is -2.51. The molecule has 3 N–H and O–H groups in total. The van der Waals surface area contributed by atoms with Gasteiger partial charge in [0.25, 0.3) is 17.9 Å². The third-order valence-corrected chi connectivity index (χ3v) is 7.14. The molecule has 5 rings (SSSR count). The monoisotopic (exact) mass is 652 g/mol. The van der Waals surface area contributed by atoms with E-state index in [0.717, 1.165) is 42.1 Å². The molecule has 1 saturated heterocycles. The Labute approximate surface area is 261 Å². The molecule has 1 aliphatic carbocycles. The lowest BCUT2D eigenvalue weighted by molar-refractivity contribution is -0.137. The van der Waals surface area contributed by atoms with Crippen LogP contribution in [0.3, 0.4) is 0 Å². The third-order valence-electron chi connectivity index (χ3n) is 6.13. The Hall–Kier alpha value is -4.00. The molecular formula is C30H33F5N6O3S. The number of nitrogens with one attached hydrogen (secondary N) is 3. The average molecular weight is 653 g/mol. The number of ether oxygens (including phenoxy) is 1. The van der Waals surface area contributed by atoms with E-state index < -0.39 is 40.8 Å². The first-order chi connectivity index (χ1) is 21.5. The number of hydrogen-bond donors (Lipinski definition) is 3. The van der Waals surface area contributed by atoms with Gasteiger partial charge in [-0.3, -0.25) is 19.1 Å². The van der Waals surface area contributed by atoms with Crippen molar-refractivity contribution < 1.29 is 31.5 Å². The van der Waals surface area contributed by atoms with E-state index in [1.54, 1.807) is 0 Å². The molecule has 3 aromatic heterocycles. The second-order valence-corrected chi connectivity index (χ2v) is 10.3. The Balaban J connectivity index is 0.00000133. The summed E-state index contributed by atoms with van der Waals surface area (Å²) < 4.78 is 72.5. The van der Waals surface area contributed by atoms with E-state index in [4.69, 9.17) is 4.74 Å². The Kier molecular flexibility index (Phi) is 12.5. The molecule has 0 spiro atoms. The fourth-order valence-corrected chi connectivity index (χ4v) is 4.75. The fraction of sp³-hybridized carbons (Fsp3) is 0.400. The molecule has 2 unspecified atom stereocenters. The van der Waals surface area contributed by atoms with Crippen molar-refractivity contribution in [1.82, 2.24) is 30.7 Å². The van der Waals surface area contributed by atoms with E-state index in [1.165, 1.54) is 24.9 Å². The van der Waals surface area contributed by atoms with Crippen LogP contribution >= 0.6 is 11.8 Å². The molecular weight excluding hydrogens is 619 g/mol. The Morgan fingerprint density at radius 1 is 1.07 bits per heavy atom. The second-order valence-electron chi connectivity index (χ2n) is 9.04. The van der Waals surface area contributed by atoms with Crippen LogP contribution in [0.2, 0.25) is 0 Å². The molecule has 0 radical (unpaired) electrons. The Morgan fingerprint density at radius 2 is 1.78 bits per heavy atom. The molecule has 0 aromatic carbocycles. The summed E-state index contributed by atoms with van der Waals surface area (Å²) in [6.45, 7) is 8.00. The van der Waals surface area contributed by atoms with E-state index in [2.05, 4.69) is 38.0 Å². The second kappa shape index (κ2) is 15.8. The summed E-state index contributed by atoms with van der Waals surface area (Å²) in [7, 11) is 1.28. The van der Waals surface area contributed by atoms with Crippen LogP contribution in [0.25, 0.3) is 16.9 Å². The summed E-state index contributed by atoms with van der Waals surface area (Å²) >= 11 is 1.30. The molecule has 15 heteroatoms. The molecule has 2 fully saturated rings. The van der Waals surface area contributed by atoms with Gasteiger partial charge in [0.05, 0.1) is 24.4 Å². The number of hydrogen-bond acceptors (Lipinski definition) is 8. The summed E-state index contributed by atoms with van der Waals surface area (Å²) in [5.74, 6) is 5.83. The van der Waals surface area contributed by atoms with Crippen molar-refractivity contribution in [2.24, 2.45) is 5.92 Å². The molecule has 1 aliphatic heterocycles. The SMILES string of the molecule is CC.CC.COc1cnc(C(F)F)cc1-c1cc(-n2ccc(C(F)(F)F)cc2=O)ncc1C(=O)NC1NNC(C#CC2CC2)S1. The number of aromatic nitrogens is 3. The maximum Gasteiger partial charge on any atom is 0.416 e. The van der Waals surface area contributed by atoms with Crippen LogP contribution in [-0.2, 0) is 6.18 Å². The van der Waals surface area contributed by atoms with Crippen LogP contribution in [0.5, 0.6) is 5.75 Å². The summed E-state index contributed by atoms with van der Waals surface area (Å²) in [4.78, 5) is 33.8.